The van der Waals surface area contributed by atoms with Gasteiger partial charge in [0.1, 0.15) is 4.90 Å². The van der Waals surface area contributed by atoms with Gasteiger partial charge in [0, 0.05) is 5.02 Å². The van der Waals surface area contributed by atoms with E-state index in [1.807, 2.05) is 6.92 Å². The number of aryl methyl sites for hydroxylation is 1. The number of anilines is 1. The second-order valence-corrected chi connectivity index (χ2v) is 4.61. The van der Waals surface area contributed by atoms with Crippen LogP contribution in [0.2, 0.25) is 5.02 Å². The summed E-state index contributed by atoms with van der Waals surface area (Å²) in [7, 11) is -4.29. The van der Waals surface area contributed by atoms with Crippen LogP contribution in [-0.4, -0.2) is 42.5 Å². The second kappa shape index (κ2) is 5.52. The fourth-order valence-electron chi connectivity index (χ4n) is 1.11. The topological polar surface area (TPSA) is 80.4 Å². The average molecular weight is 260 g/mol. The summed E-state index contributed by atoms with van der Waals surface area (Å²) in [6.45, 7) is 1.87. The third-order valence-corrected chi connectivity index (χ3v) is 3.10. The zero-order chi connectivity index (χ0) is 10.9. The molecule has 0 aliphatic rings. The molecule has 0 aliphatic heterocycles. The molecule has 0 aromatic heterocycles. The Bertz CT molecular complexity index is 461. The van der Waals surface area contributed by atoms with Gasteiger partial charge in [0.15, 0.2) is 0 Å². The van der Waals surface area contributed by atoms with Crippen LogP contribution in [0.4, 0.5) is 5.69 Å². The first-order chi connectivity index (χ1) is 6.36. The molecule has 0 unspecified atom stereocenters. The van der Waals surface area contributed by atoms with Crippen LogP contribution < -0.4 is 5.73 Å². The van der Waals surface area contributed by atoms with Gasteiger partial charge in [-0.05, 0) is 24.1 Å². The molecule has 0 atom stereocenters. The summed E-state index contributed by atoms with van der Waals surface area (Å²) in [5, 5.41) is 0.286. The van der Waals surface area contributed by atoms with Gasteiger partial charge in [-0.3, -0.25) is 4.55 Å². The molecule has 4 nitrogen and oxygen atoms in total. The molecule has 0 bridgehead atoms. The van der Waals surface area contributed by atoms with Gasteiger partial charge in [-0.25, -0.2) is 0 Å². The SMILES string of the molecule is CCc1cc(N)c(S(=O)(=O)O)cc1Cl.[NaH]. The molecule has 0 spiro atoms. The predicted molar refractivity (Wildman–Crippen MR) is 62.2 cm³/mol. The van der Waals surface area contributed by atoms with E-state index in [4.69, 9.17) is 21.9 Å². The molecule has 1 aromatic rings. The molecule has 0 aliphatic carbocycles. The minimum atomic E-state index is -4.29. The average Bonchev–Trinajstić information content (AvgIpc) is 2.06. The van der Waals surface area contributed by atoms with Crippen LogP contribution in [0, 0.1) is 0 Å². The van der Waals surface area contributed by atoms with Crippen molar-refractivity contribution in [3.63, 3.8) is 0 Å². The Kier molecular flexibility index (Phi) is 5.60. The molecule has 1 aromatic carbocycles. The van der Waals surface area contributed by atoms with Crippen molar-refractivity contribution in [2.75, 3.05) is 5.73 Å². The Morgan fingerprint density at radius 1 is 1.47 bits per heavy atom. The second-order valence-electron chi connectivity index (χ2n) is 2.81. The van der Waals surface area contributed by atoms with E-state index in [2.05, 4.69) is 0 Å². The summed E-state index contributed by atoms with van der Waals surface area (Å²) >= 11 is 5.78. The molecular formula is C8H11ClNNaO3S. The van der Waals surface area contributed by atoms with Crippen molar-refractivity contribution in [1.82, 2.24) is 0 Å². The van der Waals surface area contributed by atoms with Crippen LogP contribution in [-0.2, 0) is 16.5 Å². The van der Waals surface area contributed by atoms with E-state index < -0.39 is 10.1 Å². The first-order valence-electron chi connectivity index (χ1n) is 3.91. The maximum absolute atomic E-state index is 10.8. The van der Waals surface area contributed by atoms with Crippen LogP contribution >= 0.6 is 11.6 Å². The zero-order valence-corrected chi connectivity index (χ0v) is 9.06. The molecule has 0 radical (unpaired) electrons. The van der Waals surface area contributed by atoms with E-state index in [0.29, 0.717) is 6.42 Å². The van der Waals surface area contributed by atoms with Gasteiger partial charge in [-0.15, -0.1) is 0 Å². The number of hydrogen-bond acceptors (Lipinski definition) is 3. The minimum absolute atomic E-state index is 0. The Labute approximate surface area is 116 Å². The van der Waals surface area contributed by atoms with Crippen LogP contribution in [0.15, 0.2) is 17.0 Å². The summed E-state index contributed by atoms with van der Waals surface area (Å²) in [4.78, 5) is -0.347. The fraction of sp³-hybridized carbons (Fsp3) is 0.250. The molecular weight excluding hydrogens is 249 g/mol. The number of nitrogen functional groups attached to an aromatic ring is 1. The molecule has 0 heterocycles. The monoisotopic (exact) mass is 259 g/mol. The standard InChI is InChI=1S/C8H10ClNO3S.Na.H/c1-2-5-3-7(10)8(4-6(5)9)14(11,12)13;;/h3-4H,2,10H2,1H3,(H,11,12,13);;. The van der Waals surface area contributed by atoms with E-state index in [9.17, 15) is 8.42 Å². The molecule has 0 saturated carbocycles. The quantitative estimate of drug-likeness (QED) is 0.473. The Morgan fingerprint density at radius 2 is 2.00 bits per heavy atom. The van der Waals surface area contributed by atoms with E-state index in [-0.39, 0.29) is 45.2 Å². The van der Waals surface area contributed by atoms with Crippen molar-refractivity contribution in [1.29, 1.82) is 0 Å². The predicted octanol–water partition coefficient (Wildman–Crippen LogP) is 1.08. The fourth-order valence-corrected chi connectivity index (χ4v) is 2.10. The van der Waals surface area contributed by atoms with Crippen LogP contribution in [0.1, 0.15) is 12.5 Å². The van der Waals surface area contributed by atoms with Crippen LogP contribution in [0.25, 0.3) is 0 Å². The number of hydrogen-bond donors (Lipinski definition) is 2. The Hall–Kier alpha value is 0.220. The third-order valence-electron chi connectivity index (χ3n) is 1.84. The van der Waals surface area contributed by atoms with Gasteiger partial charge in [0.05, 0.1) is 5.69 Å². The van der Waals surface area contributed by atoms with Crippen LogP contribution in [0.5, 0.6) is 0 Å². The summed E-state index contributed by atoms with van der Waals surface area (Å²) < 4.78 is 30.4. The number of halogens is 1. The van der Waals surface area contributed by atoms with E-state index in [1.54, 1.807) is 0 Å². The van der Waals surface area contributed by atoms with Crippen molar-refractivity contribution < 1.29 is 13.0 Å². The normalized spacial score (nSPS) is 10.9. The van der Waals surface area contributed by atoms with E-state index in [0.717, 1.165) is 11.6 Å². The summed E-state index contributed by atoms with van der Waals surface area (Å²) in [5.74, 6) is 0. The third kappa shape index (κ3) is 3.62. The van der Waals surface area contributed by atoms with Gasteiger partial charge in [0.25, 0.3) is 10.1 Å². The van der Waals surface area contributed by atoms with Crippen molar-refractivity contribution >= 4 is 57.0 Å². The first-order valence-corrected chi connectivity index (χ1v) is 5.73. The number of rotatable bonds is 2. The molecule has 7 heteroatoms. The Balaban J connectivity index is 0.00000196. The van der Waals surface area contributed by atoms with Gasteiger partial charge >= 0.3 is 29.6 Å². The first kappa shape index (κ1) is 15.2. The molecule has 1 rings (SSSR count). The molecule has 3 N–H and O–H groups in total. The van der Waals surface area contributed by atoms with Crippen molar-refractivity contribution in [2.45, 2.75) is 18.2 Å². The van der Waals surface area contributed by atoms with Crippen molar-refractivity contribution in [3.05, 3.63) is 22.7 Å². The van der Waals surface area contributed by atoms with E-state index >= 15 is 0 Å². The number of nitrogens with two attached hydrogens (primary N) is 1. The summed E-state index contributed by atoms with van der Waals surface area (Å²) in [6.07, 6.45) is 0.648. The van der Waals surface area contributed by atoms with Gasteiger partial charge in [-0.1, -0.05) is 18.5 Å². The van der Waals surface area contributed by atoms with Gasteiger partial charge < -0.3 is 5.73 Å². The van der Waals surface area contributed by atoms with E-state index in [1.165, 1.54) is 6.07 Å². The summed E-state index contributed by atoms with van der Waals surface area (Å²) in [5.41, 5.74) is 6.21. The van der Waals surface area contributed by atoms with Crippen LogP contribution in [0.3, 0.4) is 0 Å². The van der Waals surface area contributed by atoms with Gasteiger partial charge in [0.2, 0.25) is 0 Å². The molecule has 15 heavy (non-hydrogen) atoms. The maximum atomic E-state index is 10.8. The molecule has 0 saturated heterocycles. The zero-order valence-electron chi connectivity index (χ0n) is 7.49. The molecule has 80 valence electrons. The van der Waals surface area contributed by atoms with Crippen molar-refractivity contribution in [2.24, 2.45) is 0 Å². The molecule has 0 fully saturated rings. The van der Waals surface area contributed by atoms with Crippen molar-refractivity contribution in [3.8, 4) is 0 Å². The number of benzene rings is 1. The Morgan fingerprint density at radius 3 is 2.40 bits per heavy atom. The van der Waals surface area contributed by atoms with Gasteiger partial charge in [-0.2, -0.15) is 8.42 Å². The summed E-state index contributed by atoms with van der Waals surface area (Å²) in [6, 6.07) is 2.61. The molecule has 0 amide bonds.